The maximum absolute atomic E-state index is 13.1. The van der Waals surface area contributed by atoms with Gasteiger partial charge in [0.25, 0.3) is 0 Å². The van der Waals surface area contributed by atoms with Gasteiger partial charge in [-0.1, -0.05) is 0 Å². The number of hydrogen-bond donors (Lipinski definition) is 2. The van der Waals surface area contributed by atoms with E-state index in [-0.39, 0.29) is 17.2 Å². The lowest BCUT2D eigenvalue weighted by molar-refractivity contribution is 0.625. The maximum Gasteiger partial charge on any atom is 0.168 e. The van der Waals surface area contributed by atoms with Crippen LogP contribution in [0.5, 0.6) is 0 Å². The Bertz CT molecular complexity index is 639. The highest BCUT2D eigenvalue weighted by Crippen LogP contribution is 2.25. The van der Waals surface area contributed by atoms with Crippen molar-refractivity contribution >= 4 is 11.6 Å². The molecule has 18 heavy (non-hydrogen) atoms. The fraction of sp³-hybridized carbons (Fsp3) is 0.167. The van der Waals surface area contributed by atoms with Crippen LogP contribution >= 0.6 is 0 Å². The van der Waals surface area contributed by atoms with Crippen LogP contribution in [0, 0.1) is 24.1 Å². The Morgan fingerprint density at radius 2 is 2.22 bits per heavy atom. The minimum atomic E-state index is -0.323. The summed E-state index contributed by atoms with van der Waals surface area (Å²) in [4.78, 5) is 0. The van der Waals surface area contributed by atoms with Gasteiger partial charge in [0.2, 0.25) is 0 Å². The van der Waals surface area contributed by atoms with Gasteiger partial charge in [0.05, 0.1) is 5.69 Å². The predicted molar refractivity (Wildman–Crippen MR) is 66.9 cm³/mol. The van der Waals surface area contributed by atoms with Crippen molar-refractivity contribution in [2.45, 2.75) is 6.92 Å². The lowest BCUT2D eigenvalue weighted by atomic mass is 10.2. The first kappa shape index (κ1) is 11.9. The smallest absolute Gasteiger partial charge is 0.168 e. The quantitative estimate of drug-likeness (QED) is 0.845. The third kappa shape index (κ3) is 1.76. The van der Waals surface area contributed by atoms with Gasteiger partial charge in [-0.2, -0.15) is 5.26 Å². The number of aryl methyl sites for hydroxylation is 1. The third-order valence-electron chi connectivity index (χ3n) is 2.66. The van der Waals surface area contributed by atoms with Gasteiger partial charge in [-0.05, 0) is 30.7 Å². The van der Waals surface area contributed by atoms with Crippen molar-refractivity contribution in [2.24, 2.45) is 0 Å². The van der Waals surface area contributed by atoms with Gasteiger partial charge in [-0.25, -0.2) is 9.07 Å². The summed E-state index contributed by atoms with van der Waals surface area (Å²) in [5, 5.41) is 16.0. The molecule has 5 nitrogen and oxygen atoms in total. The van der Waals surface area contributed by atoms with Crippen LogP contribution < -0.4 is 11.1 Å². The first-order valence-electron chi connectivity index (χ1n) is 5.31. The van der Waals surface area contributed by atoms with Crippen molar-refractivity contribution in [3.05, 3.63) is 35.1 Å². The highest BCUT2D eigenvalue weighted by molar-refractivity contribution is 5.66. The topological polar surface area (TPSA) is 79.7 Å². The first-order chi connectivity index (χ1) is 8.58. The molecule has 0 aliphatic heterocycles. The zero-order valence-electron chi connectivity index (χ0n) is 10.0. The van der Waals surface area contributed by atoms with Crippen LogP contribution in [0.4, 0.5) is 16.0 Å². The number of halogens is 1. The summed E-state index contributed by atoms with van der Waals surface area (Å²) >= 11 is 0. The summed E-state index contributed by atoms with van der Waals surface area (Å²) in [6.07, 6.45) is 0. The zero-order valence-corrected chi connectivity index (χ0v) is 10.0. The molecule has 6 heteroatoms. The van der Waals surface area contributed by atoms with E-state index in [4.69, 9.17) is 11.0 Å². The van der Waals surface area contributed by atoms with E-state index in [0.717, 1.165) is 0 Å². The zero-order chi connectivity index (χ0) is 13.3. The van der Waals surface area contributed by atoms with Crippen molar-refractivity contribution in [2.75, 3.05) is 18.1 Å². The first-order valence-corrected chi connectivity index (χ1v) is 5.31. The number of nitrogens with zero attached hydrogens (tertiary/aromatic N) is 3. The molecule has 2 rings (SSSR count). The summed E-state index contributed by atoms with van der Waals surface area (Å²) in [6.45, 7) is 1.75. The Morgan fingerprint density at radius 3 is 2.72 bits per heavy atom. The van der Waals surface area contributed by atoms with Gasteiger partial charge in [0.15, 0.2) is 5.82 Å². The molecule has 0 fully saturated rings. The van der Waals surface area contributed by atoms with Crippen LogP contribution in [0.2, 0.25) is 0 Å². The normalized spacial score (nSPS) is 10.1. The Kier molecular flexibility index (Phi) is 2.90. The van der Waals surface area contributed by atoms with E-state index >= 15 is 0 Å². The standard InChI is InChI=1S/C12H12FN5/c1-7-5-8(13)3-4-10(7)18-11(15)9(6-14)12(16-2)17-18/h3-5H,15H2,1-2H3,(H,16,17). The third-order valence-corrected chi connectivity index (χ3v) is 2.66. The van der Waals surface area contributed by atoms with Crippen molar-refractivity contribution in [1.29, 1.82) is 5.26 Å². The van der Waals surface area contributed by atoms with Gasteiger partial charge >= 0.3 is 0 Å². The Balaban J connectivity index is 2.65. The predicted octanol–water partition coefficient (Wildman–Crippen LogP) is 1.82. The van der Waals surface area contributed by atoms with Crippen molar-refractivity contribution < 1.29 is 4.39 Å². The highest BCUT2D eigenvalue weighted by atomic mass is 19.1. The average molecular weight is 245 g/mol. The van der Waals surface area contributed by atoms with Gasteiger partial charge in [0, 0.05) is 7.05 Å². The largest absolute Gasteiger partial charge is 0.382 e. The SMILES string of the molecule is CNc1nn(-c2ccc(F)cc2C)c(N)c1C#N. The van der Waals surface area contributed by atoms with Crippen molar-refractivity contribution in [1.82, 2.24) is 9.78 Å². The number of nitrogens with two attached hydrogens (primary N) is 1. The van der Waals surface area contributed by atoms with E-state index in [1.807, 2.05) is 6.07 Å². The number of nitrogen functional groups attached to an aromatic ring is 1. The Hall–Kier alpha value is -2.55. The maximum atomic E-state index is 13.1. The second-order valence-electron chi connectivity index (χ2n) is 3.81. The number of anilines is 2. The van der Waals surface area contributed by atoms with E-state index in [1.165, 1.54) is 16.8 Å². The molecule has 1 aromatic heterocycles. The molecule has 0 aliphatic carbocycles. The number of rotatable bonds is 2. The van der Waals surface area contributed by atoms with E-state index in [0.29, 0.717) is 17.1 Å². The molecule has 0 bridgehead atoms. The Morgan fingerprint density at radius 1 is 1.50 bits per heavy atom. The molecule has 0 saturated heterocycles. The lowest BCUT2D eigenvalue weighted by Crippen LogP contribution is -2.04. The number of nitrogens with one attached hydrogen (secondary N) is 1. The van der Waals surface area contributed by atoms with E-state index < -0.39 is 0 Å². The number of hydrogen-bond acceptors (Lipinski definition) is 4. The fourth-order valence-corrected chi connectivity index (χ4v) is 1.76. The molecule has 3 N–H and O–H groups in total. The molecule has 2 aromatic rings. The fourth-order valence-electron chi connectivity index (χ4n) is 1.76. The molecule has 1 heterocycles. The van der Waals surface area contributed by atoms with E-state index in [2.05, 4.69) is 10.4 Å². The van der Waals surface area contributed by atoms with Crippen LogP contribution in [0.3, 0.4) is 0 Å². The molecular formula is C12H12FN5. The molecule has 0 saturated carbocycles. The molecule has 1 aromatic carbocycles. The highest BCUT2D eigenvalue weighted by Gasteiger charge is 2.16. The number of benzene rings is 1. The Labute approximate surface area is 104 Å². The molecule has 0 aliphatic rings. The van der Waals surface area contributed by atoms with Crippen LogP contribution in [0.1, 0.15) is 11.1 Å². The summed E-state index contributed by atoms with van der Waals surface area (Å²) in [6, 6.07) is 6.29. The molecule has 0 spiro atoms. The van der Waals surface area contributed by atoms with Gasteiger partial charge in [-0.3, -0.25) is 0 Å². The molecule has 0 amide bonds. The van der Waals surface area contributed by atoms with Crippen LogP contribution in [-0.2, 0) is 0 Å². The van der Waals surface area contributed by atoms with Crippen LogP contribution in [-0.4, -0.2) is 16.8 Å². The summed E-state index contributed by atoms with van der Waals surface area (Å²) in [5.41, 5.74) is 7.49. The molecular weight excluding hydrogens is 233 g/mol. The van der Waals surface area contributed by atoms with Crippen LogP contribution in [0.15, 0.2) is 18.2 Å². The molecule has 92 valence electrons. The molecule has 0 radical (unpaired) electrons. The minimum absolute atomic E-state index is 0.233. The van der Waals surface area contributed by atoms with E-state index in [9.17, 15) is 4.39 Å². The monoisotopic (exact) mass is 245 g/mol. The number of aromatic nitrogens is 2. The minimum Gasteiger partial charge on any atom is -0.382 e. The van der Waals surface area contributed by atoms with E-state index in [1.54, 1.807) is 20.0 Å². The van der Waals surface area contributed by atoms with Gasteiger partial charge in [0.1, 0.15) is 23.3 Å². The summed E-state index contributed by atoms with van der Waals surface area (Å²) in [7, 11) is 1.66. The van der Waals surface area contributed by atoms with Gasteiger partial charge < -0.3 is 11.1 Å². The summed E-state index contributed by atoms with van der Waals surface area (Å²) < 4.78 is 14.5. The lowest BCUT2D eigenvalue weighted by Gasteiger charge is -2.07. The average Bonchev–Trinajstić information content (AvgIpc) is 2.66. The van der Waals surface area contributed by atoms with Crippen molar-refractivity contribution in [3.8, 4) is 11.8 Å². The number of nitriles is 1. The summed E-state index contributed by atoms with van der Waals surface area (Å²) in [5.74, 6) is 0.312. The van der Waals surface area contributed by atoms with Crippen LogP contribution in [0.25, 0.3) is 5.69 Å². The van der Waals surface area contributed by atoms with Crippen molar-refractivity contribution in [3.63, 3.8) is 0 Å². The second kappa shape index (κ2) is 4.37. The van der Waals surface area contributed by atoms with Gasteiger partial charge in [-0.15, -0.1) is 5.10 Å². The molecule has 0 atom stereocenters. The molecule has 0 unspecified atom stereocenters. The second-order valence-corrected chi connectivity index (χ2v) is 3.81.